The molecule has 1 heterocycles. The minimum absolute atomic E-state index is 0.0149. The molecule has 28 heavy (non-hydrogen) atoms. The molecule has 0 saturated heterocycles. The molecule has 0 spiro atoms. The summed E-state index contributed by atoms with van der Waals surface area (Å²) in [6.45, 7) is 5.05. The fourth-order valence-corrected chi connectivity index (χ4v) is 4.69. The van der Waals surface area contributed by atoms with Crippen LogP contribution in [-0.2, 0) is 11.2 Å². The molecule has 0 aromatic heterocycles. The van der Waals surface area contributed by atoms with E-state index in [4.69, 9.17) is 9.47 Å². The first kappa shape index (κ1) is 21.3. The molecule has 2 nitrogen and oxygen atoms in total. The summed E-state index contributed by atoms with van der Waals surface area (Å²) in [6, 6.07) is 3.15. The third-order valence-corrected chi connectivity index (χ3v) is 6.36. The molecule has 1 atom stereocenters. The van der Waals surface area contributed by atoms with Gasteiger partial charge in [0.25, 0.3) is 0 Å². The Bertz CT molecular complexity index is 663. The number of ether oxygens (including phenoxy) is 2. The quantitative estimate of drug-likeness (QED) is 0.463. The van der Waals surface area contributed by atoms with E-state index in [1.807, 2.05) is 0 Å². The topological polar surface area (TPSA) is 18.5 Å². The lowest BCUT2D eigenvalue weighted by Crippen LogP contribution is -2.25. The van der Waals surface area contributed by atoms with Gasteiger partial charge in [-0.15, -0.1) is 0 Å². The van der Waals surface area contributed by atoms with Crippen LogP contribution in [0.1, 0.15) is 70.8 Å². The Kier molecular flexibility index (Phi) is 7.90. The molecule has 0 N–H and O–H groups in total. The normalized spacial score (nSPS) is 25.4. The second-order valence-electron chi connectivity index (χ2n) is 8.28. The van der Waals surface area contributed by atoms with Crippen molar-refractivity contribution in [2.45, 2.75) is 77.7 Å². The molecule has 3 rings (SSSR count). The summed E-state index contributed by atoms with van der Waals surface area (Å²) >= 11 is 0. The van der Waals surface area contributed by atoms with Crippen LogP contribution < -0.4 is 4.74 Å². The molecule has 0 radical (unpaired) electrons. The zero-order valence-electron chi connectivity index (χ0n) is 17.3. The number of halogens is 2. The molecule has 1 aromatic carbocycles. The highest BCUT2D eigenvalue weighted by Gasteiger charge is 2.26. The molecular formula is C24H34F2O2. The molecule has 156 valence electrons. The minimum atomic E-state index is -0.884. The summed E-state index contributed by atoms with van der Waals surface area (Å²) in [4.78, 5) is 0. The van der Waals surface area contributed by atoms with Gasteiger partial charge in [-0.2, -0.15) is 4.39 Å². The van der Waals surface area contributed by atoms with Crippen LogP contribution in [0.5, 0.6) is 5.75 Å². The molecule has 4 heteroatoms. The third kappa shape index (κ3) is 5.34. The summed E-state index contributed by atoms with van der Waals surface area (Å²) in [5.41, 5.74) is 1.86. The molecule has 1 saturated carbocycles. The van der Waals surface area contributed by atoms with Crippen molar-refractivity contribution in [3.05, 3.63) is 41.0 Å². The zero-order valence-corrected chi connectivity index (χ0v) is 17.3. The maximum Gasteiger partial charge on any atom is 0.200 e. The van der Waals surface area contributed by atoms with Gasteiger partial charge in [0.1, 0.15) is 0 Å². The van der Waals surface area contributed by atoms with Crippen LogP contribution in [0, 0.1) is 23.5 Å². The molecule has 2 aliphatic rings. The first-order valence-electron chi connectivity index (χ1n) is 11.0. The summed E-state index contributed by atoms with van der Waals surface area (Å²) in [7, 11) is 0. The lowest BCUT2D eigenvalue weighted by Gasteiger charge is -2.33. The van der Waals surface area contributed by atoms with E-state index in [0.717, 1.165) is 12.3 Å². The van der Waals surface area contributed by atoms with Crippen molar-refractivity contribution in [3.8, 4) is 5.75 Å². The number of aryl methyl sites for hydroxylation is 1. The van der Waals surface area contributed by atoms with Gasteiger partial charge in [0.05, 0.1) is 19.3 Å². The first-order valence-corrected chi connectivity index (χ1v) is 11.0. The SMILES string of the molecule is CCCC1CCC(C2=CCC(CCc3ccc(OCC)c(F)c3F)OC2)CC1. The van der Waals surface area contributed by atoms with Gasteiger partial charge in [-0.25, -0.2) is 4.39 Å². The highest BCUT2D eigenvalue weighted by molar-refractivity contribution is 5.31. The van der Waals surface area contributed by atoms with E-state index in [1.54, 1.807) is 13.0 Å². The van der Waals surface area contributed by atoms with E-state index in [-0.39, 0.29) is 11.9 Å². The lowest BCUT2D eigenvalue weighted by atomic mass is 9.76. The fourth-order valence-electron chi connectivity index (χ4n) is 4.69. The Morgan fingerprint density at radius 3 is 2.46 bits per heavy atom. The zero-order chi connectivity index (χ0) is 19.9. The number of benzene rings is 1. The van der Waals surface area contributed by atoms with Gasteiger partial charge in [0.15, 0.2) is 11.6 Å². The van der Waals surface area contributed by atoms with Crippen LogP contribution in [-0.4, -0.2) is 19.3 Å². The lowest BCUT2D eigenvalue weighted by molar-refractivity contribution is 0.0485. The molecule has 1 unspecified atom stereocenters. The van der Waals surface area contributed by atoms with E-state index in [9.17, 15) is 8.78 Å². The summed E-state index contributed by atoms with van der Waals surface area (Å²) in [5.74, 6) is -0.0827. The van der Waals surface area contributed by atoms with Crippen molar-refractivity contribution < 1.29 is 18.3 Å². The van der Waals surface area contributed by atoms with Crippen LogP contribution in [0.2, 0.25) is 0 Å². The third-order valence-electron chi connectivity index (χ3n) is 6.36. The number of rotatable bonds is 8. The van der Waals surface area contributed by atoms with Gasteiger partial charge < -0.3 is 9.47 Å². The summed E-state index contributed by atoms with van der Waals surface area (Å²) in [6.07, 6.45) is 12.5. The summed E-state index contributed by atoms with van der Waals surface area (Å²) in [5, 5.41) is 0. The van der Waals surface area contributed by atoms with E-state index in [1.165, 1.54) is 50.2 Å². The Balaban J connectivity index is 1.47. The molecule has 0 amide bonds. The summed E-state index contributed by atoms with van der Waals surface area (Å²) < 4.78 is 39.4. The largest absolute Gasteiger partial charge is 0.491 e. The standard InChI is InChI=1S/C24H34F2O2/c1-3-5-17-6-8-18(9-7-17)20-11-14-21(28-16-20)13-10-19-12-15-22(27-4-2)24(26)23(19)25/h11-12,15,17-18,21H,3-10,13-14,16H2,1-2H3. The highest BCUT2D eigenvalue weighted by Crippen LogP contribution is 2.37. The second-order valence-corrected chi connectivity index (χ2v) is 8.28. The Labute approximate surface area is 168 Å². The Morgan fingerprint density at radius 1 is 1.04 bits per heavy atom. The smallest absolute Gasteiger partial charge is 0.200 e. The van der Waals surface area contributed by atoms with Crippen molar-refractivity contribution in [1.29, 1.82) is 0 Å². The van der Waals surface area contributed by atoms with Crippen molar-refractivity contribution in [2.75, 3.05) is 13.2 Å². The Morgan fingerprint density at radius 2 is 1.82 bits per heavy atom. The van der Waals surface area contributed by atoms with Gasteiger partial charge in [-0.1, -0.05) is 31.9 Å². The number of hydrogen-bond acceptors (Lipinski definition) is 2. The van der Waals surface area contributed by atoms with E-state index < -0.39 is 11.6 Å². The maximum atomic E-state index is 14.2. The van der Waals surface area contributed by atoms with Crippen molar-refractivity contribution in [2.24, 2.45) is 11.8 Å². The average molecular weight is 393 g/mol. The second kappa shape index (κ2) is 10.4. The number of hydrogen-bond donors (Lipinski definition) is 0. The highest BCUT2D eigenvalue weighted by atomic mass is 19.2. The Hall–Kier alpha value is -1.42. The van der Waals surface area contributed by atoms with Crippen LogP contribution in [0.3, 0.4) is 0 Å². The average Bonchev–Trinajstić information content (AvgIpc) is 2.72. The van der Waals surface area contributed by atoms with Gasteiger partial charge in [0.2, 0.25) is 5.82 Å². The van der Waals surface area contributed by atoms with Crippen molar-refractivity contribution in [1.82, 2.24) is 0 Å². The molecule has 1 aliphatic heterocycles. The molecular weight excluding hydrogens is 358 g/mol. The maximum absolute atomic E-state index is 14.2. The first-order chi connectivity index (χ1) is 13.6. The molecule has 1 fully saturated rings. The fraction of sp³-hybridized carbons (Fsp3) is 0.667. The van der Waals surface area contributed by atoms with E-state index in [0.29, 0.717) is 37.5 Å². The van der Waals surface area contributed by atoms with Gasteiger partial charge >= 0.3 is 0 Å². The minimum Gasteiger partial charge on any atom is -0.491 e. The van der Waals surface area contributed by atoms with Crippen LogP contribution in [0.15, 0.2) is 23.8 Å². The van der Waals surface area contributed by atoms with Crippen LogP contribution in [0.25, 0.3) is 0 Å². The molecule has 1 aromatic rings. The van der Waals surface area contributed by atoms with Crippen molar-refractivity contribution >= 4 is 0 Å². The van der Waals surface area contributed by atoms with Gasteiger partial charge in [0, 0.05) is 0 Å². The monoisotopic (exact) mass is 392 g/mol. The van der Waals surface area contributed by atoms with Crippen LogP contribution >= 0.6 is 0 Å². The van der Waals surface area contributed by atoms with Gasteiger partial charge in [-0.3, -0.25) is 0 Å². The van der Waals surface area contributed by atoms with E-state index in [2.05, 4.69) is 13.0 Å². The predicted octanol–water partition coefficient (Wildman–Crippen LogP) is 6.62. The van der Waals surface area contributed by atoms with E-state index >= 15 is 0 Å². The molecule has 1 aliphatic carbocycles. The molecule has 0 bridgehead atoms. The van der Waals surface area contributed by atoms with Crippen molar-refractivity contribution in [3.63, 3.8) is 0 Å². The predicted molar refractivity (Wildman–Crippen MR) is 109 cm³/mol. The van der Waals surface area contributed by atoms with Gasteiger partial charge in [-0.05, 0) is 80.9 Å². The van der Waals surface area contributed by atoms with Crippen LogP contribution in [0.4, 0.5) is 8.78 Å².